The van der Waals surface area contributed by atoms with Gasteiger partial charge in [0, 0.05) is 24.3 Å². The normalized spacial score (nSPS) is 59.3. The highest BCUT2D eigenvalue weighted by molar-refractivity contribution is 6.03. The van der Waals surface area contributed by atoms with E-state index in [1.54, 1.807) is 0 Å². The molecule has 45 heavy (non-hydrogen) atoms. The average Bonchev–Trinajstić information content (AvgIpc) is 3.54. The van der Waals surface area contributed by atoms with Gasteiger partial charge >= 0.3 is 5.97 Å². The molecule has 0 aromatic carbocycles. The standard InChI is InChI=1S/C40H56O5/c1-34(2)14-8-16-36(5)24-19-27(41)30-22(21(24)10-12-28(34)36)18-25-32-31(30)33(42)44-39(43-32)20-26-23(38(7)40(25,39)45-38)11-13-29-35(3,4)15-9-17-37(26,29)6/h21,23-26,28-29,31-32H,8-20H2,1-7H3/t21-,23+,24-,25-,26-,28-,29-,31+,32-,36+,37+,38+,39-,40+/m0/s1. The van der Waals surface area contributed by atoms with Crippen LogP contribution in [0.3, 0.4) is 0 Å². The zero-order valence-electron chi connectivity index (χ0n) is 28.9. The second-order valence-electron chi connectivity index (χ2n) is 20.1. The van der Waals surface area contributed by atoms with Gasteiger partial charge in [0.25, 0.3) is 0 Å². The second kappa shape index (κ2) is 8.15. The lowest BCUT2D eigenvalue weighted by molar-refractivity contribution is -0.292. The number of allylic oxidation sites excluding steroid dienone is 1. The molecule has 5 saturated carbocycles. The maximum absolute atomic E-state index is 14.4. The maximum Gasteiger partial charge on any atom is 0.318 e. The molecule has 2 spiro atoms. The van der Waals surface area contributed by atoms with Crippen molar-refractivity contribution in [2.24, 2.45) is 69.0 Å². The number of fused-ring (bicyclic) bond motifs is 9. The SMILES string of the molecule is CC1(C)CCC[C@]2(C)[C@H]3C[C@@]45OC(=O)[C@@H]6C7=C(C[C@@H]([C@@H]6O4)[C@]54O[C@]4(C)[C@@H]3CC[C@@H]12)[C@@H]1CC[C@H]2C(C)(C)CCC[C@]2(C)[C@H]1CC7=O. The van der Waals surface area contributed by atoms with Crippen molar-refractivity contribution < 1.29 is 23.8 Å². The first kappa shape index (κ1) is 28.8. The Labute approximate surface area is 270 Å². The Hall–Kier alpha value is -1.20. The van der Waals surface area contributed by atoms with Gasteiger partial charge in [-0.15, -0.1) is 0 Å². The van der Waals surface area contributed by atoms with Crippen LogP contribution in [0.1, 0.15) is 132 Å². The molecule has 10 rings (SSSR count). The number of Topliss-reactive ketones (excluding diaryl/α,β-unsaturated/α-hetero) is 1. The molecule has 0 radical (unpaired) electrons. The summed E-state index contributed by atoms with van der Waals surface area (Å²) in [5.41, 5.74) is 2.25. The molecule has 2 bridgehead atoms. The Kier molecular flexibility index (Phi) is 5.21. The lowest BCUT2D eigenvalue weighted by Crippen LogP contribution is -2.65. The van der Waals surface area contributed by atoms with Crippen LogP contribution in [-0.2, 0) is 23.8 Å². The Morgan fingerprint density at radius 1 is 0.689 bits per heavy atom. The third-order valence-corrected chi connectivity index (χ3v) is 17.9. The van der Waals surface area contributed by atoms with Crippen LogP contribution in [0, 0.1) is 69.0 Å². The first-order valence-electron chi connectivity index (χ1n) is 19.0. The molecule has 7 aliphatic carbocycles. The van der Waals surface area contributed by atoms with Crippen molar-refractivity contribution in [1.82, 2.24) is 0 Å². The molecule has 0 N–H and O–H groups in total. The summed E-state index contributed by atoms with van der Waals surface area (Å²) in [6.45, 7) is 17.4. The summed E-state index contributed by atoms with van der Waals surface area (Å²) in [5.74, 6) is 1.54. The van der Waals surface area contributed by atoms with Crippen LogP contribution in [0.5, 0.6) is 0 Å². The van der Waals surface area contributed by atoms with Crippen molar-refractivity contribution in [2.45, 2.75) is 155 Å². The lowest BCUT2D eigenvalue weighted by Gasteiger charge is -2.62. The molecule has 5 heteroatoms. The van der Waals surface area contributed by atoms with Gasteiger partial charge in [-0.3, -0.25) is 9.59 Å². The lowest BCUT2D eigenvalue weighted by atomic mass is 9.41. The molecule has 8 fully saturated rings. The van der Waals surface area contributed by atoms with E-state index in [9.17, 15) is 9.59 Å². The van der Waals surface area contributed by atoms with E-state index in [0.29, 0.717) is 52.8 Å². The molecule has 3 heterocycles. The second-order valence-corrected chi connectivity index (χ2v) is 20.1. The van der Waals surface area contributed by atoms with Crippen LogP contribution >= 0.6 is 0 Å². The number of epoxide rings is 1. The summed E-state index contributed by atoms with van der Waals surface area (Å²) in [7, 11) is 0. The van der Waals surface area contributed by atoms with Crippen molar-refractivity contribution in [3.05, 3.63) is 11.1 Å². The predicted octanol–water partition coefficient (Wildman–Crippen LogP) is 8.19. The van der Waals surface area contributed by atoms with E-state index < -0.39 is 17.3 Å². The number of rotatable bonds is 0. The van der Waals surface area contributed by atoms with Gasteiger partial charge < -0.3 is 14.2 Å². The highest BCUT2D eigenvalue weighted by Gasteiger charge is 2.94. The molecule has 3 saturated heterocycles. The largest absolute Gasteiger partial charge is 0.429 e. The summed E-state index contributed by atoms with van der Waals surface area (Å²) in [5, 5.41) is 0. The molecule has 0 unspecified atom stereocenters. The van der Waals surface area contributed by atoms with E-state index in [1.807, 2.05) is 0 Å². The number of esters is 1. The van der Waals surface area contributed by atoms with Gasteiger partial charge in [-0.2, -0.15) is 0 Å². The third kappa shape index (κ3) is 3.01. The summed E-state index contributed by atoms with van der Waals surface area (Å²) in [6.07, 6.45) is 14.4. The van der Waals surface area contributed by atoms with E-state index in [4.69, 9.17) is 14.2 Å². The summed E-state index contributed by atoms with van der Waals surface area (Å²) >= 11 is 0. The number of ketones is 1. The molecule has 0 aromatic rings. The van der Waals surface area contributed by atoms with Crippen LogP contribution in [0.25, 0.3) is 0 Å². The summed E-state index contributed by atoms with van der Waals surface area (Å²) in [6, 6.07) is 0. The topological polar surface area (TPSA) is 65.1 Å². The molecule has 0 aromatic heterocycles. The number of hydrogen-bond acceptors (Lipinski definition) is 5. The average molecular weight is 617 g/mol. The minimum absolute atomic E-state index is 0.0897. The molecular formula is C40H56O5. The monoisotopic (exact) mass is 616 g/mol. The highest BCUT2D eigenvalue weighted by atomic mass is 16.8. The number of carbonyl (C=O) groups excluding carboxylic acids is 2. The zero-order chi connectivity index (χ0) is 31.3. The Balaban J connectivity index is 1.05. The van der Waals surface area contributed by atoms with Crippen LogP contribution < -0.4 is 0 Å². The Morgan fingerprint density at radius 2 is 1.33 bits per heavy atom. The maximum atomic E-state index is 14.4. The third-order valence-electron chi connectivity index (χ3n) is 17.9. The van der Waals surface area contributed by atoms with Gasteiger partial charge in [-0.25, -0.2) is 0 Å². The van der Waals surface area contributed by atoms with Crippen LogP contribution in [0.4, 0.5) is 0 Å². The van der Waals surface area contributed by atoms with Crippen molar-refractivity contribution in [3.63, 3.8) is 0 Å². The first-order valence-corrected chi connectivity index (χ1v) is 19.0. The fraction of sp³-hybridized carbons (Fsp3) is 0.900. The smallest absolute Gasteiger partial charge is 0.318 e. The van der Waals surface area contributed by atoms with E-state index in [-0.39, 0.29) is 40.2 Å². The van der Waals surface area contributed by atoms with Gasteiger partial charge in [-0.1, -0.05) is 60.0 Å². The molecule has 246 valence electrons. The van der Waals surface area contributed by atoms with Gasteiger partial charge in [0.2, 0.25) is 5.79 Å². The molecule has 14 atom stereocenters. The van der Waals surface area contributed by atoms with E-state index in [2.05, 4.69) is 48.5 Å². The summed E-state index contributed by atoms with van der Waals surface area (Å²) in [4.78, 5) is 28.8. The molecule has 5 nitrogen and oxygen atoms in total. The van der Waals surface area contributed by atoms with Gasteiger partial charge in [0.05, 0.1) is 6.10 Å². The fourth-order valence-corrected chi connectivity index (χ4v) is 16.4. The highest BCUT2D eigenvalue weighted by Crippen LogP contribution is 2.81. The van der Waals surface area contributed by atoms with Gasteiger partial charge in [0.15, 0.2) is 11.4 Å². The number of ether oxygens (including phenoxy) is 3. The van der Waals surface area contributed by atoms with Crippen molar-refractivity contribution in [3.8, 4) is 0 Å². The Bertz CT molecular complexity index is 1460. The van der Waals surface area contributed by atoms with Crippen LogP contribution in [0.15, 0.2) is 11.1 Å². The van der Waals surface area contributed by atoms with E-state index in [0.717, 1.165) is 24.8 Å². The first-order chi connectivity index (χ1) is 21.1. The van der Waals surface area contributed by atoms with Gasteiger partial charge in [-0.05, 0) is 122 Å². The van der Waals surface area contributed by atoms with Gasteiger partial charge in [0.1, 0.15) is 11.5 Å². The van der Waals surface area contributed by atoms with Crippen LogP contribution in [-0.4, -0.2) is 34.8 Å². The fourth-order valence-electron chi connectivity index (χ4n) is 16.4. The minimum atomic E-state index is -1.01. The minimum Gasteiger partial charge on any atom is -0.429 e. The molecule has 0 amide bonds. The van der Waals surface area contributed by atoms with Crippen LogP contribution in [0.2, 0.25) is 0 Å². The van der Waals surface area contributed by atoms with E-state index in [1.165, 1.54) is 63.4 Å². The van der Waals surface area contributed by atoms with E-state index >= 15 is 0 Å². The van der Waals surface area contributed by atoms with Crippen molar-refractivity contribution in [1.29, 1.82) is 0 Å². The number of carbonyl (C=O) groups is 2. The van der Waals surface area contributed by atoms with Crippen molar-refractivity contribution >= 4 is 11.8 Å². The quantitative estimate of drug-likeness (QED) is 0.203. The molecular weight excluding hydrogens is 560 g/mol. The zero-order valence-corrected chi connectivity index (χ0v) is 28.9. The molecule has 10 aliphatic rings. The predicted molar refractivity (Wildman–Crippen MR) is 170 cm³/mol. The summed E-state index contributed by atoms with van der Waals surface area (Å²) < 4.78 is 21.1. The molecule has 3 aliphatic heterocycles. The Morgan fingerprint density at radius 3 is 2.02 bits per heavy atom. The van der Waals surface area contributed by atoms with Crippen molar-refractivity contribution in [2.75, 3.05) is 0 Å². The number of hydrogen-bond donors (Lipinski definition) is 0.